The molecule has 0 aliphatic carbocycles. The number of halogens is 1. The zero-order valence-electron chi connectivity index (χ0n) is 15.3. The van der Waals surface area contributed by atoms with Gasteiger partial charge in [-0.15, -0.1) is 0 Å². The van der Waals surface area contributed by atoms with Gasteiger partial charge in [0, 0.05) is 16.5 Å². The number of carbonyl (C=O) groups excluding carboxylic acids is 2. The Morgan fingerprint density at radius 3 is 2.54 bits per heavy atom. The van der Waals surface area contributed by atoms with Gasteiger partial charge in [0.2, 0.25) is 0 Å². The molecule has 26 heavy (non-hydrogen) atoms. The molecule has 0 spiro atoms. The van der Waals surface area contributed by atoms with E-state index in [9.17, 15) is 14.9 Å². The third-order valence-electron chi connectivity index (χ3n) is 3.94. The molecule has 0 saturated heterocycles. The van der Waals surface area contributed by atoms with Crippen LogP contribution in [0.1, 0.15) is 26.3 Å². The zero-order chi connectivity index (χ0) is 19.7. The highest BCUT2D eigenvalue weighted by molar-refractivity contribution is 9.10. The first kappa shape index (κ1) is 21.7. The summed E-state index contributed by atoms with van der Waals surface area (Å²) < 4.78 is 10.7. The van der Waals surface area contributed by atoms with Crippen LogP contribution in [0, 0.1) is 16.7 Å². The molecule has 0 amide bonds. The molecule has 0 radical (unpaired) electrons. The molecule has 0 saturated carbocycles. The highest BCUT2D eigenvalue weighted by Gasteiger charge is 2.42. The maximum absolute atomic E-state index is 12.7. The summed E-state index contributed by atoms with van der Waals surface area (Å²) in [5, 5.41) is 9.88. The van der Waals surface area contributed by atoms with E-state index in [2.05, 4.69) is 26.7 Å². The van der Waals surface area contributed by atoms with Crippen molar-refractivity contribution in [3.63, 3.8) is 0 Å². The van der Waals surface area contributed by atoms with E-state index in [4.69, 9.17) is 4.74 Å². The summed E-state index contributed by atoms with van der Waals surface area (Å²) in [6.07, 6.45) is 3.28. The molecule has 0 N–H and O–H groups in total. The van der Waals surface area contributed by atoms with Gasteiger partial charge in [0.05, 0.1) is 19.8 Å². The molecular formula is C20H22BrNO4. The number of rotatable bonds is 7. The van der Waals surface area contributed by atoms with Crippen molar-refractivity contribution in [3.05, 3.63) is 57.6 Å². The molecule has 6 heteroatoms. The van der Waals surface area contributed by atoms with Gasteiger partial charge in [0.25, 0.3) is 0 Å². The number of benzene rings is 1. The van der Waals surface area contributed by atoms with Gasteiger partial charge in [0.1, 0.15) is 0 Å². The number of methoxy groups -OCH3 is 1. The molecule has 0 aliphatic rings. The Hall–Kier alpha value is -2.39. The second kappa shape index (κ2) is 9.93. The third kappa shape index (κ3) is 5.30. The maximum Gasteiger partial charge on any atom is 0.333 e. The molecule has 0 bridgehead atoms. The normalized spacial score (nSPS) is 14.2. The van der Waals surface area contributed by atoms with E-state index in [1.54, 1.807) is 26.8 Å². The third-order valence-corrected chi connectivity index (χ3v) is 4.43. The van der Waals surface area contributed by atoms with Crippen molar-refractivity contribution < 1.29 is 19.1 Å². The Kier molecular flexibility index (Phi) is 8.27. The number of nitriles is 1. The lowest BCUT2D eigenvalue weighted by atomic mass is 9.76. The van der Waals surface area contributed by atoms with E-state index in [-0.39, 0.29) is 13.0 Å². The summed E-state index contributed by atoms with van der Waals surface area (Å²) in [5.41, 5.74) is 0.186. The van der Waals surface area contributed by atoms with Crippen LogP contribution in [0.4, 0.5) is 0 Å². The molecule has 0 aliphatic heterocycles. The first-order valence-corrected chi connectivity index (χ1v) is 8.87. The molecule has 138 valence electrons. The SMILES string of the molecule is CCOC(=O)C(C#N)(Cc1cccc(Br)c1)/C(C)=C/C=C(/C)C(=O)OC. The van der Waals surface area contributed by atoms with Gasteiger partial charge in [0.15, 0.2) is 5.41 Å². The molecule has 1 aromatic carbocycles. The fraction of sp³-hybridized carbons (Fsp3) is 0.350. The minimum atomic E-state index is -1.48. The predicted octanol–water partition coefficient (Wildman–Crippen LogP) is 4.13. The molecule has 0 aromatic heterocycles. The van der Waals surface area contributed by atoms with Crippen LogP contribution in [-0.4, -0.2) is 25.7 Å². The number of nitrogens with zero attached hydrogens (tertiary/aromatic N) is 1. The lowest BCUT2D eigenvalue weighted by Crippen LogP contribution is -2.35. The zero-order valence-corrected chi connectivity index (χ0v) is 16.9. The van der Waals surface area contributed by atoms with Gasteiger partial charge in [-0.3, -0.25) is 0 Å². The van der Waals surface area contributed by atoms with Crippen LogP contribution in [0.2, 0.25) is 0 Å². The fourth-order valence-electron chi connectivity index (χ4n) is 2.37. The molecular weight excluding hydrogens is 398 g/mol. The summed E-state index contributed by atoms with van der Waals surface area (Å²) in [5.74, 6) is -1.08. The number of hydrogen-bond acceptors (Lipinski definition) is 5. The quantitative estimate of drug-likeness (QED) is 0.377. The summed E-state index contributed by atoms with van der Waals surface area (Å²) in [7, 11) is 1.29. The Morgan fingerprint density at radius 2 is 2.00 bits per heavy atom. The van der Waals surface area contributed by atoms with Crippen molar-refractivity contribution in [1.82, 2.24) is 0 Å². The second-order valence-electron chi connectivity index (χ2n) is 5.74. The molecule has 0 fully saturated rings. The average molecular weight is 420 g/mol. The summed E-state index contributed by atoms with van der Waals surface area (Å²) in [6, 6.07) is 9.54. The number of esters is 2. The first-order valence-electron chi connectivity index (χ1n) is 8.07. The number of ether oxygens (including phenoxy) is 2. The number of carbonyl (C=O) groups is 2. The van der Waals surface area contributed by atoms with Crippen molar-refractivity contribution in [2.45, 2.75) is 27.2 Å². The minimum Gasteiger partial charge on any atom is -0.466 e. The van der Waals surface area contributed by atoms with Crippen molar-refractivity contribution in [2.75, 3.05) is 13.7 Å². The van der Waals surface area contributed by atoms with Crippen LogP contribution in [0.15, 0.2) is 52.0 Å². The van der Waals surface area contributed by atoms with Crippen LogP contribution >= 0.6 is 15.9 Å². The minimum absolute atomic E-state index is 0.162. The summed E-state index contributed by atoms with van der Waals surface area (Å²) >= 11 is 3.40. The van der Waals surface area contributed by atoms with Crippen LogP contribution in [0.3, 0.4) is 0 Å². The fourth-order valence-corrected chi connectivity index (χ4v) is 2.82. The van der Waals surface area contributed by atoms with E-state index in [1.165, 1.54) is 13.2 Å². The lowest BCUT2D eigenvalue weighted by Gasteiger charge is -2.25. The van der Waals surface area contributed by atoms with Gasteiger partial charge in [-0.2, -0.15) is 5.26 Å². The van der Waals surface area contributed by atoms with Gasteiger partial charge in [-0.1, -0.05) is 40.2 Å². The Bertz CT molecular complexity index is 776. The Labute approximate surface area is 162 Å². The molecule has 1 unspecified atom stereocenters. The Balaban J connectivity index is 3.37. The van der Waals surface area contributed by atoms with Crippen molar-refractivity contribution >= 4 is 27.9 Å². The van der Waals surface area contributed by atoms with Gasteiger partial charge < -0.3 is 9.47 Å². The van der Waals surface area contributed by atoms with Crippen molar-refractivity contribution in [1.29, 1.82) is 5.26 Å². The highest BCUT2D eigenvalue weighted by atomic mass is 79.9. The van der Waals surface area contributed by atoms with Crippen LogP contribution < -0.4 is 0 Å². The summed E-state index contributed by atoms with van der Waals surface area (Å²) in [6.45, 7) is 5.14. The predicted molar refractivity (Wildman–Crippen MR) is 102 cm³/mol. The molecule has 1 atom stereocenters. The molecule has 1 rings (SSSR count). The van der Waals surface area contributed by atoms with E-state index in [0.717, 1.165) is 10.0 Å². The maximum atomic E-state index is 12.7. The van der Waals surface area contributed by atoms with E-state index >= 15 is 0 Å². The van der Waals surface area contributed by atoms with Crippen LogP contribution in [0.5, 0.6) is 0 Å². The van der Waals surface area contributed by atoms with Gasteiger partial charge in [-0.05, 0) is 44.0 Å². The molecule has 0 heterocycles. The topological polar surface area (TPSA) is 76.4 Å². The highest BCUT2D eigenvalue weighted by Crippen LogP contribution is 2.33. The van der Waals surface area contributed by atoms with Crippen LogP contribution in [-0.2, 0) is 25.5 Å². The van der Waals surface area contributed by atoms with Crippen molar-refractivity contribution in [2.24, 2.45) is 5.41 Å². The van der Waals surface area contributed by atoms with E-state index in [1.807, 2.05) is 24.3 Å². The van der Waals surface area contributed by atoms with Crippen molar-refractivity contribution in [3.8, 4) is 6.07 Å². The second-order valence-corrected chi connectivity index (χ2v) is 6.65. The van der Waals surface area contributed by atoms with Gasteiger partial charge in [-0.25, -0.2) is 9.59 Å². The number of allylic oxidation sites excluding steroid dienone is 2. The summed E-state index contributed by atoms with van der Waals surface area (Å²) in [4.78, 5) is 24.2. The Morgan fingerprint density at radius 1 is 1.31 bits per heavy atom. The number of hydrogen-bond donors (Lipinski definition) is 0. The van der Waals surface area contributed by atoms with Gasteiger partial charge >= 0.3 is 11.9 Å². The lowest BCUT2D eigenvalue weighted by molar-refractivity contribution is -0.150. The van der Waals surface area contributed by atoms with E-state index in [0.29, 0.717) is 11.1 Å². The first-order chi connectivity index (χ1) is 12.3. The molecule has 5 nitrogen and oxygen atoms in total. The average Bonchev–Trinajstić information content (AvgIpc) is 2.63. The standard InChI is InChI=1S/C20H22BrNO4/c1-5-26-19(24)20(13-22,12-16-7-6-8-17(21)11-16)15(3)10-9-14(2)18(23)25-4/h6-11H,5,12H2,1-4H3/b14-9-,15-10+. The van der Waals surface area contributed by atoms with Crippen LogP contribution in [0.25, 0.3) is 0 Å². The monoisotopic (exact) mass is 419 g/mol. The van der Waals surface area contributed by atoms with E-state index < -0.39 is 17.4 Å². The largest absolute Gasteiger partial charge is 0.466 e. The molecule has 1 aromatic rings. The smallest absolute Gasteiger partial charge is 0.333 e.